The van der Waals surface area contributed by atoms with Crippen molar-refractivity contribution in [3.8, 4) is 0 Å². The molecule has 0 radical (unpaired) electrons. The van der Waals surface area contributed by atoms with Crippen molar-refractivity contribution in [3.63, 3.8) is 0 Å². The first-order chi connectivity index (χ1) is 7.66. The molecule has 2 rings (SSSR count). The van der Waals surface area contributed by atoms with Gasteiger partial charge in [0.05, 0.1) is 6.54 Å². The molecule has 1 saturated heterocycles. The van der Waals surface area contributed by atoms with Crippen LogP contribution in [0.1, 0.15) is 11.5 Å². The molecule has 5 heteroatoms. The third-order valence-corrected chi connectivity index (χ3v) is 3.06. The number of alkyl halides is 2. The van der Waals surface area contributed by atoms with E-state index in [0.29, 0.717) is 13.1 Å². The molecule has 2 nitrogen and oxygen atoms in total. The van der Waals surface area contributed by atoms with Gasteiger partial charge in [-0.2, -0.15) is 0 Å². The first-order valence-electron chi connectivity index (χ1n) is 5.48. The molecular weight excluding hydrogens is 246 g/mol. The molecule has 0 amide bonds. The second kappa shape index (κ2) is 6.28. The summed E-state index contributed by atoms with van der Waals surface area (Å²) in [6, 6.07) is 9.84. The fourth-order valence-electron chi connectivity index (χ4n) is 2.31. The molecule has 0 unspecified atom stereocenters. The van der Waals surface area contributed by atoms with Crippen molar-refractivity contribution < 1.29 is 8.78 Å². The predicted molar refractivity (Wildman–Crippen MR) is 66.9 cm³/mol. The van der Waals surface area contributed by atoms with Crippen molar-refractivity contribution in [2.45, 2.75) is 18.4 Å². The van der Waals surface area contributed by atoms with Crippen LogP contribution >= 0.6 is 12.4 Å². The van der Waals surface area contributed by atoms with Crippen LogP contribution in [0.25, 0.3) is 0 Å². The summed E-state index contributed by atoms with van der Waals surface area (Å²) >= 11 is 0. The van der Waals surface area contributed by atoms with E-state index in [1.807, 2.05) is 30.3 Å². The summed E-state index contributed by atoms with van der Waals surface area (Å²) < 4.78 is 24.5. The monoisotopic (exact) mass is 262 g/mol. The first kappa shape index (κ1) is 14.4. The largest absolute Gasteiger partial charge is 0.326 e. The van der Waals surface area contributed by atoms with Gasteiger partial charge in [0.1, 0.15) is 0 Å². The van der Waals surface area contributed by atoms with E-state index in [9.17, 15) is 8.78 Å². The van der Waals surface area contributed by atoms with Crippen molar-refractivity contribution in [2.24, 2.45) is 5.73 Å². The normalized spacial score (nSPS) is 24.9. The van der Waals surface area contributed by atoms with Crippen molar-refractivity contribution in [2.75, 3.05) is 19.6 Å². The van der Waals surface area contributed by atoms with Crippen molar-refractivity contribution in [1.82, 2.24) is 4.90 Å². The van der Waals surface area contributed by atoms with Crippen molar-refractivity contribution in [3.05, 3.63) is 35.9 Å². The smallest absolute Gasteiger partial charge is 0.251 e. The van der Waals surface area contributed by atoms with Crippen LogP contribution in [0, 0.1) is 0 Å². The van der Waals surface area contributed by atoms with E-state index in [4.69, 9.17) is 5.73 Å². The Labute approximate surface area is 106 Å². The molecule has 0 aliphatic carbocycles. The van der Waals surface area contributed by atoms with Gasteiger partial charge >= 0.3 is 0 Å². The molecule has 1 fully saturated rings. The fourth-order valence-corrected chi connectivity index (χ4v) is 2.31. The Morgan fingerprint density at radius 3 is 2.47 bits per heavy atom. The maximum Gasteiger partial charge on any atom is 0.251 e. The van der Waals surface area contributed by atoms with Crippen LogP contribution in [0.2, 0.25) is 0 Å². The lowest BCUT2D eigenvalue weighted by Crippen LogP contribution is -2.30. The standard InChI is InChI=1S/C12H16F2N2.ClH/c13-12(14)8-16-6-10(11(15)7-16)9-4-2-1-3-5-9;/h1-5,10-12H,6-8,15H2;1H/t10-,11+;/m0./s1. The third kappa shape index (κ3) is 3.63. The summed E-state index contributed by atoms with van der Waals surface area (Å²) in [5, 5.41) is 0. The number of benzene rings is 1. The van der Waals surface area contributed by atoms with Gasteiger partial charge in [0, 0.05) is 25.0 Å². The second-order valence-electron chi connectivity index (χ2n) is 4.29. The Hall–Kier alpha value is -0.710. The molecule has 1 heterocycles. The third-order valence-electron chi connectivity index (χ3n) is 3.06. The van der Waals surface area contributed by atoms with E-state index < -0.39 is 6.43 Å². The molecule has 2 atom stereocenters. The molecule has 1 aliphatic rings. The molecule has 0 saturated carbocycles. The van der Waals surface area contributed by atoms with Gasteiger partial charge in [0.2, 0.25) is 0 Å². The predicted octanol–water partition coefficient (Wildman–Crippen LogP) is 2.10. The van der Waals surface area contributed by atoms with E-state index in [0.717, 1.165) is 5.56 Å². The summed E-state index contributed by atoms with van der Waals surface area (Å²) in [5.74, 6) is 0.181. The highest BCUT2D eigenvalue weighted by molar-refractivity contribution is 5.85. The Bertz CT molecular complexity index is 335. The molecular formula is C12H17ClF2N2. The van der Waals surface area contributed by atoms with Gasteiger partial charge in [-0.25, -0.2) is 8.78 Å². The molecule has 1 aromatic rings. The molecule has 96 valence electrons. The van der Waals surface area contributed by atoms with Crippen molar-refractivity contribution in [1.29, 1.82) is 0 Å². The van der Waals surface area contributed by atoms with Gasteiger partial charge in [0.15, 0.2) is 0 Å². The van der Waals surface area contributed by atoms with Crippen LogP contribution in [0.15, 0.2) is 30.3 Å². The molecule has 1 aromatic carbocycles. The Balaban J connectivity index is 0.00000144. The lowest BCUT2D eigenvalue weighted by Gasteiger charge is -2.15. The lowest BCUT2D eigenvalue weighted by molar-refractivity contribution is 0.0986. The van der Waals surface area contributed by atoms with Gasteiger partial charge in [-0.1, -0.05) is 30.3 Å². The highest BCUT2D eigenvalue weighted by atomic mass is 35.5. The highest BCUT2D eigenvalue weighted by Gasteiger charge is 2.32. The number of hydrogen-bond donors (Lipinski definition) is 1. The maximum absolute atomic E-state index is 12.3. The number of likely N-dealkylation sites (tertiary alicyclic amines) is 1. The van der Waals surface area contributed by atoms with E-state index in [2.05, 4.69) is 0 Å². The number of nitrogens with two attached hydrogens (primary N) is 1. The molecule has 17 heavy (non-hydrogen) atoms. The van der Waals surface area contributed by atoms with Gasteiger partial charge < -0.3 is 5.73 Å². The summed E-state index contributed by atoms with van der Waals surface area (Å²) in [7, 11) is 0. The average molecular weight is 263 g/mol. The van der Waals surface area contributed by atoms with Gasteiger partial charge in [-0.3, -0.25) is 4.90 Å². The maximum atomic E-state index is 12.3. The zero-order valence-electron chi connectivity index (χ0n) is 9.43. The van der Waals surface area contributed by atoms with Crippen LogP contribution in [-0.2, 0) is 0 Å². The van der Waals surface area contributed by atoms with E-state index in [1.165, 1.54) is 0 Å². The summed E-state index contributed by atoms with van der Waals surface area (Å²) in [6.45, 7) is 1.02. The minimum atomic E-state index is -2.28. The minimum absolute atomic E-state index is 0. The van der Waals surface area contributed by atoms with Crippen LogP contribution in [0.3, 0.4) is 0 Å². The van der Waals surface area contributed by atoms with Crippen LogP contribution in [0.5, 0.6) is 0 Å². The Morgan fingerprint density at radius 2 is 1.88 bits per heavy atom. The van der Waals surface area contributed by atoms with Crippen LogP contribution in [0.4, 0.5) is 8.78 Å². The topological polar surface area (TPSA) is 29.3 Å². The van der Waals surface area contributed by atoms with Gasteiger partial charge in [0.25, 0.3) is 6.43 Å². The second-order valence-corrected chi connectivity index (χ2v) is 4.29. The molecule has 0 spiro atoms. The van der Waals surface area contributed by atoms with Crippen LogP contribution in [-0.4, -0.2) is 37.0 Å². The van der Waals surface area contributed by atoms with E-state index in [-0.39, 0.29) is 30.9 Å². The molecule has 1 aliphatic heterocycles. The number of nitrogens with zero attached hydrogens (tertiary/aromatic N) is 1. The lowest BCUT2D eigenvalue weighted by atomic mass is 9.95. The Morgan fingerprint density at radius 1 is 1.24 bits per heavy atom. The zero-order valence-corrected chi connectivity index (χ0v) is 10.2. The highest BCUT2D eigenvalue weighted by Crippen LogP contribution is 2.26. The van der Waals surface area contributed by atoms with Crippen molar-refractivity contribution >= 4 is 12.4 Å². The van der Waals surface area contributed by atoms with Gasteiger partial charge in [-0.05, 0) is 5.56 Å². The fraction of sp³-hybridized carbons (Fsp3) is 0.500. The van der Waals surface area contributed by atoms with E-state index in [1.54, 1.807) is 4.90 Å². The quantitative estimate of drug-likeness (QED) is 0.904. The zero-order chi connectivity index (χ0) is 11.5. The number of halogens is 3. The summed E-state index contributed by atoms with van der Waals surface area (Å²) in [4.78, 5) is 1.74. The van der Waals surface area contributed by atoms with E-state index >= 15 is 0 Å². The number of rotatable bonds is 3. The SMILES string of the molecule is Cl.N[C@@H]1CN(CC(F)F)C[C@H]1c1ccccc1. The average Bonchev–Trinajstić information content (AvgIpc) is 2.60. The number of hydrogen-bond acceptors (Lipinski definition) is 2. The Kier molecular flexibility index (Phi) is 5.31. The molecule has 0 bridgehead atoms. The minimum Gasteiger partial charge on any atom is -0.326 e. The summed E-state index contributed by atoms with van der Waals surface area (Å²) in [5.41, 5.74) is 7.14. The first-order valence-corrected chi connectivity index (χ1v) is 5.48. The molecule has 2 N–H and O–H groups in total. The van der Waals surface area contributed by atoms with Gasteiger partial charge in [-0.15, -0.1) is 12.4 Å². The molecule has 0 aromatic heterocycles. The van der Waals surface area contributed by atoms with Crippen LogP contribution < -0.4 is 5.73 Å². The summed E-state index contributed by atoms with van der Waals surface area (Å²) in [6.07, 6.45) is -2.28.